The highest BCUT2D eigenvalue weighted by Crippen LogP contribution is 2.50. The first kappa shape index (κ1) is 12.0. The maximum atomic E-state index is 11.8. The highest BCUT2D eigenvalue weighted by Gasteiger charge is 2.47. The Morgan fingerprint density at radius 2 is 2.31 bits per heavy atom. The topological polar surface area (TPSA) is 39.2 Å². The van der Waals surface area contributed by atoms with Crippen molar-refractivity contribution in [1.82, 2.24) is 4.98 Å². The molecule has 2 atom stereocenters. The van der Waals surface area contributed by atoms with E-state index in [2.05, 4.69) is 20.9 Å². The predicted octanol–water partition coefficient (Wildman–Crippen LogP) is 3.35. The van der Waals surface area contributed by atoms with Crippen LogP contribution in [0.25, 0.3) is 0 Å². The summed E-state index contributed by atoms with van der Waals surface area (Å²) < 4.78 is 6.36. The number of aromatic nitrogens is 1. The number of carbonyl (C=O) groups is 1. The molecule has 88 valence electrons. The largest absolute Gasteiger partial charge is 0.460 e. The number of hydrogen-bond acceptors (Lipinski definition) is 4. The first-order valence-corrected chi connectivity index (χ1v) is 6.82. The van der Waals surface area contributed by atoms with Crippen molar-refractivity contribution in [3.8, 4) is 0 Å². The summed E-state index contributed by atoms with van der Waals surface area (Å²) >= 11 is 4.97. The average Bonchev–Trinajstić information content (AvgIpc) is 2.81. The lowest BCUT2D eigenvalue weighted by molar-refractivity contribution is -0.156. The molecule has 1 aromatic heterocycles. The summed E-state index contributed by atoms with van der Waals surface area (Å²) in [4.78, 5) is 16.0. The van der Waals surface area contributed by atoms with Gasteiger partial charge in [-0.2, -0.15) is 0 Å². The summed E-state index contributed by atoms with van der Waals surface area (Å²) in [6, 6.07) is 0. The first-order valence-electron chi connectivity index (χ1n) is 5.21. The quantitative estimate of drug-likeness (QED) is 0.787. The third kappa shape index (κ3) is 2.83. The second kappa shape index (κ2) is 4.11. The fourth-order valence-electron chi connectivity index (χ4n) is 1.54. The summed E-state index contributed by atoms with van der Waals surface area (Å²) in [6.07, 6.45) is 2.65. The number of hydrogen-bond donors (Lipinski definition) is 0. The van der Waals surface area contributed by atoms with Gasteiger partial charge in [-0.15, -0.1) is 11.3 Å². The van der Waals surface area contributed by atoms with Gasteiger partial charge in [0.25, 0.3) is 0 Å². The standard InChI is InChI=1S/C11H14BrNO2S/c1-11(2,3)15-10(14)7-4-6(7)9-13-5-8(12)16-9/h5-7H,4H2,1-3H3. The molecule has 2 rings (SSSR count). The van der Waals surface area contributed by atoms with Crippen molar-refractivity contribution in [1.29, 1.82) is 0 Å². The van der Waals surface area contributed by atoms with E-state index >= 15 is 0 Å². The summed E-state index contributed by atoms with van der Waals surface area (Å²) in [6.45, 7) is 5.67. The lowest BCUT2D eigenvalue weighted by atomic mass is 10.2. The third-order valence-corrected chi connectivity index (χ3v) is 3.92. The van der Waals surface area contributed by atoms with Gasteiger partial charge >= 0.3 is 5.97 Å². The van der Waals surface area contributed by atoms with Crippen molar-refractivity contribution in [2.75, 3.05) is 0 Å². The Morgan fingerprint density at radius 3 is 2.81 bits per heavy atom. The number of esters is 1. The number of carbonyl (C=O) groups excluding carboxylic acids is 1. The van der Waals surface area contributed by atoms with Crippen molar-refractivity contribution in [2.24, 2.45) is 5.92 Å². The molecule has 2 unspecified atom stereocenters. The number of rotatable bonds is 2. The molecule has 3 nitrogen and oxygen atoms in total. The molecule has 0 saturated heterocycles. The zero-order valence-corrected chi connectivity index (χ0v) is 11.9. The fourth-order valence-corrected chi connectivity index (χ4v) is 2.97. The Kier molecular flexibility index (Phi) is 3.09. The van der Waals surface area contributed by atoms with Crippen molar-refractivity contribution >= 4 is 33.2 Å². The minimum atomic E-state index is -0.395. The maximum Gasteiger partial charge on any atom is 0.310 e. The van der Waals surface area contributed by atoms with Gasteiger partial charge in [-0.1, -0.05) is 0 Å². The zero-order valence-electron chi connectivity index (χ0n) is 9.49. The Hall–Kier alpha value is -0.420. The fraction of sp³-hybridized carbons (Fsp3) is 0.636. The third-order valence-electron chi connectivity index (χ3n) is 2.31. The van der Waals surface area contributed by atoms with E-state index < -0.39 is 5.60 Å². The van der Waals surface area contributed by atoms with Crippen molar-refractivity contribution in [3.63, 3.8) is 0 Å². The summed E-state index contributed by atoms with van der Waals surface area (Å²) in [7, 11) is 0. The molecule has 0 amide bonds. The van der Waals surface area contributed by atoms with Crippen LogP contribution in [0.2, 0.25) is 0 Å². The normalized spacial score (nSPS) is 24.2. The average molecular weight is 304 g/mol. The van der Waals surface area contributed by atoms with Crippen LogP contribution in [0.3, 0.4) is 0 Å². The van der Waals surface area contributed by atoms with Gasteiger partial charge in [0.2, 0.25) is 0 Å². The van der Waals surface area contributed by atoms with E-state index in [1.165, 1.54) is 0 Å². The molecule has 0 N–H and O–H groups in total. The lowest BCUT2D eigenvalue weighted by Gasteiger charge is -2.19. The molecule has 0 spiro atoms. The van der Waals surface area contributed by atoms with Crippen LogP contribution in [-0.4, -0.2) is 16.6 Å². The predicted molar refractivity (Wildman–Crippen MR) is 66.5 cm³/mol. The van der Waals surface area contributed by atoms with Gasteiger partial charge in [0, 0.05) is 5.92 Å². The van der Waals surface area contributed by atoms with Crippen LogP contribution in [0.1, 0.15) is 38.1 Å². The molecular weight excluding hydrogens is 290 g/mol. The van der Waals surface area contributed by atoms with E-state index in [0.717, 1.165) is 15.2 Å². The monoisotopic (exact) mass is 303 g/mol. The van der Waals surface area contributed by atoms with Gasteiger partial charge in [-0.3, -0.25) is 4.79 Å². The summed E-state index contributed by atoms with van der Waals surface area (Å²) in [5.41, 5.74) is -0.395. The van der Waals surface area contributed by atoms with Crippen LogP contribution in [0.4, 0.5) is 0 Å². The van der Waals surface area contributed by atoms with Gasteiger partial charge in [0.05, 0.1) is 20.9 Å². The zero-order chi connectivity index (χ0) is 11.9. The van der Waals surface area contributed by atoms with Crippen LogP contribution in [-0.2, 0) is 9.53 Å². The number of ether oxygens (including phenoxy) is 1. The van der Waals surface area contributed by atoms with E-state index in [0.29, 0.717) is 0 Å². The van der Waals surface area contributed by atoms with Crippen molar-refractivity contribution in [3.05, 3.63) is 15.0 Å². The van der Waals surface area contributed by atoms with Gasteiger partial charge < -0.3 is 4.74 Å². The van der Waals surface area contributed by atoms with Gasteiger partial charge in [-0.25, -0.2) is 4.98 Å². The van der Waals surface area contributed by atoms with Crippen LogP contribution < -0.4 is 0 Å². The minimum Gasteiger partial charge on any atom is -0.460 e. The smallest absolute Gasteiger partial charge is 0.310 e. The van der Waals surface area contributed by atoms with Crippen LogP contribution in [0, 0.1) is 5.92 Å². The molecule has 1 aliphatic carbocycles. The Bertz CT molecular complexity index is 410. The molecule has 0 aromatic carbocycles. The Labute approximate surface area is 107 Å². The molecule has 1 fully saturated rings. The second-order valence-corrected chi connectivity index (χ2v) is 7.43. The maximum absolute atomic E-state index is 11.8. The molecule has 1 heterocycles. The molecule has 1 aliphatic rings. The number of nitrogens with zero attached hydrogens (tertiary/aromatic N) is 1. The Balaban J connectivity index is 1.94. The number of halogens is 1. The summed E-state index contributed by atoms with van der Waals surface area (Å²) in [5, 5.41) is 1.03. The SMILES string of the molecule is CC(C)(C)OC(=O)C1CC1c1ncc(Br)s1. The highest BCUT2D eigenvalue weighted by atomic mass is 79.9. The molecule has 16 heavy (non-hydrogen) atoms. The van der Waals surface area contributed by atoms with E-state index in [1.807, 2.05) is 20.8 Å². The molecule has 5 heteroatoms. The molecular formula is C11H14BrNO2S. The second-order valence-electron chi connectivity index (χ2n) is 4.98. The van der Waals surface area contributed by atoms with E-state index in [1.54, 1.807) is 17.5 Å². The number of thiazole rings is 1. The van der Waals surface area contributed by atoms with Crippen molar-refractivity contribution < 1.29 is 9.53 Å². The van der Waals surface area contributed by atoms with Crippen LogP contribution >= 0.6 is 27.3 Å². The highest BCUT2D eigenvalue weighted by molar-refractivity contribution is 9.11. The molecule has 1 saturated carbocycles. The van der Waals surface area contributed by atoms with E-state index in [9.17, 15) is 4.79 Å². The minimum absolute atomic E-state index is 0.0114. The van der Waals surface area contributed by atoms with E-state index in [4.69, 9.17) is 4.74 Å². The van der Waals surface area contributed by atoms with Gasteiger partial charge in [0.1, 0.15) is 5.60 Å². The molecule has 1 aromatic rings. The molecule has 0 radical (unpaired) electrons. The Morgan fingerprint density at radius 1 is 1.62 bits per heavy atom. The summed E-state index contributed by atoms with van der Waals surface area (Å²) in [5.74, 6) is 0.187. The van der Waals surface area contributed by atoms with E-state index in [-0.39, 0.29) is 17.8 Å². The van der Waals surface area contributed by atoms with Crippen LogP contribution in [0.15, 0.2) is 9.98 Å². The van der Waals surface area contributed by atoms with Gasteiger partial charge in [0.15, 0.2) is 0 Å². The lowest BCUT2D eigenvalue weighted by Crippen LogP contribution is -2.25. The van der Waals surface area contributed by atoms with Crippen LogP contribution in [0.5, 0.6) is 0 Å². The first-order chi connectivity index (χ1) is 7.37. The molecule has 0 bridgehead atoms. The van der Waals surface area contributed by atoms with Crippen molar-refractivity contribution in [2.45, 2.75) is 38.7 Å². The molecule has 0 aliphatic heterocycles. The van der Waals surface area contributed by atoms with Gasteiger partial charge in [-0.05, 0) is 43.1 Å².